The third-order valence-electron chi connectivity index (χ3n) is 3.52. The van der Waals surface area contributed by atoms with Gasteiger partial charge in [0.05, 0.1) is 0 Å². The topological polar surface area (TPSA) is 32.3 Å². The summed E-state index contributed by atoms with van der Waals surface area (Å²) in [6.45, 7) is 7.37. The minimum Gasteiger partial charge on any atom is -0.339 e. The largest absolute Gasteiger partial charge is 0.339 e. The Labute approximate surface area is 111 Å². The maximum absolute atomic E-state index is 12.4. The Hall–Kier alpha value is -0.280. The third kappa shape index (κ3) is 4.14. The lowest BCUT2D eigenvalue weighted by Gasteiger charge is -2.31. The minimum absolute atomic E-state index is 0. The Kier molecular flexibility index (Phi) is 5.74. The van der Waals surface area contributed by atoms with E-state index in [-0.39, 0.29) is 12.4 Å². The fraction of sp³-hybridized carbons (Fsp3) is 0.923. The second kappa shape index (κ2) is 6.60. The van der Waals surface area contributed by atoms with E-state index in [1.807, 2.05) is 0 Å². The van der Waals surface area contributed by atoms with E-state index >= 15 is 0 Å². The molecule has 0 bridgehead atoms. The third-order valence-corrected chi connectivity index (χ3v) is 3.52. The van der Waals surface area contributed by atoms with E-state index < -0.39 is 0 Å². The first-order valence-corrected chi connectivity index (χ1v) is 6.69. The van der Waals surface area contributed by atoms with Crippen LogP contribution in [0.5, 0.6) is 0 Å². The molecule has 1 saturated carbocycles. The lowest BCUT2D eigenvalue weighted by atomic mass is 9.96. The molecule has 1 N–H and O–H groups in total. The van der Waals surface area contributed by atoms with Crippen molar-refractivity contribution in [2.75, 3.05) is 19.6 Å². The lowest BCUT2D eigenvalue weighted by molar-refractivity contribution is -0.137. The van der Waals surface area contributed by atoms with Crippen molar-refractivity contribution in [3.8, 4) is 0 Å². The highest BCUT2D eigenvalue weighted by Gasteiger charge is 2.36. The minimum atomic E-state index is 0. The maximum atomic E-state index is 12.4. The van der Waals surface area contributed by atoms with Crippen LogP contribution in [0, 0.1) is 11.8 Å². The predicted octanol–water partition coefficient (Wildman–Crippen LogP) is 2.05. The molecule has 2 fully saturated rings. The van der Waals surface area contributed by atoms with Crippen molar-refractivity contribution in [3.63, 3.8) is 0 Å². The highest BCUT2D eigenvalue weighted by Crippen LogP contribution is 2.30. The average molecular weight is 261 g/mol. The monoisotopic (exact) mass is 260 g/mol. The standard InChI is InChI=1S/C13H24N2O.ClH/c1-10(2)9-15(12-3-4-12)13(16)11-5-7-14-8-6-11;/h10-12,14H,3-9H2,1-2H3;1H. The fourth-order valence-electron chi connectivity index (χ4n) is 2.50. The molecule has 2 rings (SSSR count). The van der Waals surface area contributed by atoms with E-state index in [0.29, 0.717) is 23.8 Å². The molecule has 0 unspecified atom stereocenters. The molecule has 0 spiro atoms. The van der Waals surface area contributed by atoms with E-state index in [4.69, 9.17) is 0 Å². The molecule has 3 nitrogen and oxygen atoms in total. The molecule has 2 aliphatic rings. The van der Waals surface area contributed by atoms with Crippen molar-refractivity contribution < 1.29 is 4.79 Å². The number of carbonyl (C=O) groups is 1. The predicted molar refractivity (Wildman–Crippen MR) is 72.4 cm³/mol. The van der Waals surface area contributed by atoms with Crippen LogP contribution in [0.1, 0.15) is 39.5 Å². The number of hydrogen-bond donors (Lipinski definition) is 1. The molecule has 0 aromatic rings. The van der Waals surface area contributed by atoms with Crippen molar-refractivity contribution in [2.45, 2.75) is 45.6 Å². The van der Waals surface area contributed by atoms with Crippen LogP contribution in [0.2, 0.25) is 0 Å². The lowest BCUT2D eigenvalue weighted by Crippen LogP contribution is -2.43. The molecule has 1 amide bonds. The van der Waals surface area contributed by atoms with E-state index in [1.54, 1.807) is 0 Å². The Morgan fingerprint density at radius 3 is 2.29 bits per heavy atom. The van der Waals surface area contributed by atoms with E-state index in [1.165, 1.54) is 12.8 Å². The van der Waals surface area contributed by atoms with Crippen LogP contribution in [0.15, 0.2) is 0 Å². The van der Waals surface area contributed by atoms with Crippen LogP contribution in [-0.2, 0) is 4.79 Å². The molecule has 0 atom stereocenters. The van der Waals surface area contributed by atoms with Crippen LogP contribution in [-0.4, -0.2) is 36.5 Å². The SMILES string of the molecule is CC(C)CN(C(=O)C1CCNCC1)C1CC1.Cl. The van der Waals surface area contributed by atoms with Crippen molar-refractivity contribution in [3.05, 3.63) is 0 Å². The zero-order chi connectivity index (χ0) is 11.5. The Balaban J connectivity index is 0.00000144. The van der Waals surface area contributed by atoms with Crippen LogP contribution in [0.3, 0.4) is 0 Å². The molecule has 0 aromatic heterocycles. The van der Waals surface area contributed by atoms with E-state index in [0.717, 1.165) is 32.5 Å². The second-order valence-electron chi connectivity index (χ2n) is 5.64. The molecule has 1 saturated heterocycles. The summed E-state index contributed by atoms with van der Waals surface area (Å²) in [7, 11) is 0. The molecule has 0 aromatic carbocycles. The van der Waals surface area contributed by atoms with Gasteiger partial charge in [-0.05, 0) is 44.7 Å². The summed E-state index contributed by atoms with van der Waals surface area (Å²) in [5, 5.41) is 3.32. The van der Waals surface area contributed by atoms with Gasteiger partial charge in [-0.3, -0.25) is 4.79 Å². The number of piperidine rings is 1. The molecule has 0 radical (unpaired) electrons. The van der Waals surface area contributed by atoms with Gasteiger partial charge in [0.25, 0.3) is 0 Å². The quantitative estimate of drug-likeness (QED) is 0.839. The van der Waals surface area contributed by atoms with Crippen LogP contribution in [0.4, 0.5) is 0 Å². The maximum Gasteiger partial charge on any atom is 0.226 e. The number of nitrogens with zero attached hydrogens (tertiary/aromatic N) is 1. The first-order valence-electron chi connectivity index (χ1n) is 6.69. The van der Waals surface area contributed by atoms with Crippen molar-refractivity contribution in [1.82, 2.24) is 10.2 Å². The smallest absolute Gasteiger partial charge is 0.226 e. The first-order chi connectivity index (χ1) is 7.68. The Morgan fingerprint density at radius 2 is 1.82 bits per heavy atom. The van der Waals surface area contributed by atoms with Gasteiger partial charge in [-0.1, -0.05) is 13.8 Å². The summed E-state index contributed by atoms with van der Waals surface area (Å²) in [5.41, 5.74) is 0. The van der Waals surface area contributed by atoms with Gasteiger partial charge < -0.3 is 10.2 Å². The van der Waals surface area contributed by atoms with Gasteiger partial charge in [-0.15, -0.1) is 12.4 Å². The highest BCUT2D eigenvalue weighted by molar-refractivity contribution is 5.85. The van der Waals surface area contributed by atoms with Crippen molar-refractivity contribution in [1.29, 1.82) is 0 Å². The zero-order valence-corrected chi connectivity index (χ0v) is 11.8. The van der Waals surface area contributed by atoms with Gasteiger partial charge >= 0.3 is 0 Å². The molecule has 1 aliphatic carbocycles. The Morgan fingerprint density at radius 1 is 1.24 bits per heavy atom. The number of halogens is 1. The summed E-state index contributed by atoms with van der Waals surface area (Å²) in [6, 6.07) is 0.574. The molecular formula is C13H25ClN2O. The van der Waals surface area contributed by atoms with E-state index in [2.05, 4.69) is 24.1 Å². The van der Waals surface area contributed by atoms with Crippen LogP contribution < -0.4 is 5.32 Å². The average Bonchev–Trinajstić information content (AvgIpc) is 3.10. The normalized spacial score (nSPS) is 21.1. The molecule has 1 heterocycles. The van der Waals surface area contributed by atoms with Gasteiger partial charge in [0.15, 0.2) is 0 Å². The van der Waals surface area contributed by atoms with Gasteiger partial charge in [0.2, 0.25) is 5.91 Å². The van der Waals surface area contributed by atoms with Gasteiger partial charge in [-0.25, -0.2) is 0 Å². The molecule has 17 heavy (non-hydrogen) atoms. The summed E-state index contributed by atoms with van der Waals surface area (Å²) >= 11 is 0. The Bertz CT molecular complexity index is 248. The highest BCUT2D eigenvalue weighted by atomic mass is 35.5. The molecule has 1 aliphatic heterocycles. The zero-order valence-electron chi connectivity index (χ0n) is 10.9. The van der Waals surface area contributed by atoms with Gasteiger partial charge in [0, 0.05) is 18.5 Å². The number of amides is 1. The van der Waals surface area contributed by atoms with Crippen LogP contribution >= 0.6 is 12.4 Å². The molecular weight excluding hydrogens is 236 g/mol. The van der Waals surface area contributed by atoms with Crippen LogP contribution in [0.25, 0.3) is 0 Å². The van der Waals surface area contributed by atoms with Gasteiger partial charge in [-0.2, -0.15) is 0 Å². The number of rotatable bonds is 4. The summed E-state index contributed by atoms with van der Waals surface area (Å²) < 4.78 is 0. The molecule has 100 valence electrons. The summed E-state index contributed by atoms with van der Waals surface area (Å²) in [4.78, 5) is 14.6. The summed E-state index contributed by atoms with van der Waals surface area (Å²) in [5.74, 6) is 1.31. The van der Waals surface area contributed by atoms with Crippen molar-refractivity contribution in [2.24, 2.45) is 11.8 Å². The second-order valence-corrected chi connectivity index (χ2v) is 5.64. The first kappa shape index (κ1) is 14.8. The fourth-order valence-corrected chi connectivity index (χ4v) is 2.50. The number of nitrogens with one attached hydrogen (secondary N) is 1. The summed E-state index contributed by atoms with van der Waals surface area (Å²) in [6.07, 6.45) is 4.51. The number of hydrogen-bond acceptors (Lipinski definition) is 2. The van der Waals surface area contributed by atoms with Crippen molar-refractivity contribution >= 4 is 18.3 Å². The van der Waals surface area contributed by atoms with Gasteiger partial charge in [0.1, 0.15) is 0 Å². The van der Waals surface area contributed by atoms with E-state index in [9.17, 15) is 4.79 Å². The number of carbonyl (C=O) groups excluding carboxylic acids is 1. The molecule has 4 heteroatoms.